The van der Waals surface area contributed by atoms with E-state index in [-0.39, 0.29) is 5.69 Å². The molecule has 0 aliphatic rings. The van der Waals surface area contributed by atoms with Crippen molar-refractivity contribution in [2.75, 3.05) is 11.9 Å². The number of nitrogens with zero attached hydrogens (tertiary/aromatic N) is 3. The van der Waals surface area contributed by atoms with Gasteiger partial charge in [-0.3, -0.25) is 0 Å². The third kappa shape index (κ3) is 2.46. The van der Waals surface area contributed by atoms with Gasteiger partial charge in [0.15, 0.2) is 5.65 Å². The topological polar surface area (TPSA) is 75.1 Å². The Bertz CT molecular complexity index is 540. The molecular weight excluding hydrogens is 218 g/mol. The molecule has 17 heavy (non-hydrogen) atoms. The summed E-state index contributed by atoms with van der Waals surface area (Å²) in [6.45, 7) is 5.25. The van der Waals surface area contributed by atoms with Gasteiger partial charge in [-0.1, -0.05) is 26.7 Å². The molecule has 0 spiro atoms. The molecule has 2 rings (SSSR count). The lowest BCUT2D eigenvalue weighted by molar-refractivity contribution is 0.518. The second kappa shape index (κ2) is 4.99. The molecule has 0 saturated heterocycles. The molecule has 0 aromatic carbocycles. The Morgan fingerprint density at radius 3 is 2.94 bits per heavy atom. The average molecular weight is 235 g/mol. The number of H-pyrrole nitrogens is 1. The Labute approximate surface area is 99.1 Å². The van der Waals surface area contributed by atoms with E-state index < -0.39 is 0 Å². The quantitative estimate of drug-likeness (QED) is 0.818. The first-order chi connectivity index (χ1) is 8.24. The van der Waals surface area contributed by atoms with Crippen LogP contribution in [0.4, 0.5) is 5.82 Å². The van der Waals surface area contributed by atoms with E-state index in [1.807, 2.05) is 0 Å². The number of hydrogen-bond donors (Lipinski definition) is 2. The van der Waals surface area contributed by atoms with Crippen molar-refractivity contribution in [1.82, 2.24) is 19.6 Å². The number of hydrogen-bond acceptors (Lipinski definition) is 4. The van der Waals surface area contributed by atoms with E-state index in [1.165, 1.54) is 10.7 Å². The number of anilines is 1. The highest BCUT2D eigenvalue weighted by Crippen LogP contribution is 2.10. The summed E-state index contributed by atoms with van der Waals surface area (Å²) in [6.07, 6.45) is 3.78. The SMILES string of the molecule is CCC(CC)CNc1cc2n[nH]c(=O)n2cn1. The molecule has 0 aliphatic carbocycles. The molecule has 0 bridgehead atoms. The van der Waals surface area contributed by atoms with Crippen LogP contribution in [0.1, 0.15) is 26.7 Å². The summed E-state index contributed by atoms with van der Waals surface area (Å²) in [5.41, 5.74) is 0.316. The van der Waals surface area contributed by atoms with Gasteiger partial charge in [0.1, 0.15) is 12.1 Å². The van der Waals surface area contributed by atoms with Gasteiger partial charge in [-0.2, -0.15) is 5.10 Å². The highest BCUT2D eigenvalue weighted by molar-refractivity contribution is 5.48. The normalized spacial score (nSPS) is 11.2. The molecule has 6 heteroatoms. The summed E-state index contributed by atoms with van der Waals surface area (Å²) in [5, 5.41) is 9.54. The zero-order chi connectivity index (χ0) is 12.3. The molecule has 0 aliphatic heterocycles. The van der Waals surface area contributed by atoms with Crippen molar-refractivity contribution >= 4 is 11.5 Å². The largest absolute Gasteiger partial charge is 0.370 e. The van der Waals surface area contributed by atoms with Crippen molar-refractivity contribution in [2.45, 2.75) is 26.7 Å². The van der Waals surface area contributed by atoms with Crippen molar-refractivity contribution in [2.24, 2.45) is 5.92 Å². The summed E-state index contributed by atoms with van der Waals surface area (Å²) in [5.74, 6) is 1.40. The van der Waals surface area contributed by atoms with Gasteiger partial charge >= 0.3 is 5.69 Å². The van der Waals surface area contributed by atoms with Crippen LogP contribution in [0.15, 0.2) is 17.2 Å². The molecule has 0 radical (unpaired) electrons. The summed E-state index contributed by atoms with van der Waals surface area (Å²) < 4.78 is 1.38. The second-order valence-corrected chi connectivity index (χ2v) is 4.09. The van der Waals surface area contributed by atoms with Crippen LogP contribution in [0.2, 0.25) is 0 Å². The van der Waals surface area contributed by atoms with Crippen LogP contribution in [0.25, 0.3) is 5.65 Å². The van der Waals surface area contributed by atoms with Crippen LogP contribution in [0.3, 0.4) is 0 Å². The smallest absolute Gasteiger partial charge is 0.348 e. The standard InChI is InChI=1S/C11H17N5O/c1-3-8(4-2)6-12-9-5-10-14-15-11(17)16(10)7-13-9/h5,7-8,12H,3-4,6H2,1-2H3,(H,15,17). The van der Waals surface area contributed by atoms with Gasteiger partial charge in [-0.05, 0) is 5.92 Å². The maximum Gasteiger partial charge on any atom is 0.348 e. The Kier molecular flexibility index (Phi) is 3.41. The summed E-state index contributed by atoms with van der Waals surface area (Å²) in [4.78, 5) is 15.4. The fourth-order valence-electron chi connectivity index (χ4n) is 1.73. The summed E-state index contributed by atoms with van der Waals surface area (Å²) in [6, 6.07) is 1.76. The summed E-state index contributed by atoms with van der Waals surface area (Å²) >= 11 is 0. The minimum absolute atomic E-state index is 0.265. The molecule has 6 nitrogen and oxygen atoms in total. The molecule has 0 saturated carbocycles. The van der Waals surface area contributed by atoms with Crippen molar-refractivity contribution in [1.29, 1.82) is 0 Å². The zero-order valence-electron chi connectivity index (χ0n) is 10.1. The lowest BCUT2D eigenvalue weighted by Crippen LogP contribution is -2.14. The molecule has 0 fully saturated rings. The van der Waals surface area contributed by atoms with E-state index in [1.54, 1.807) is 6.07 Å². The monoisotopic (exact) mass is 235 g/mol. The fraction of sp³-hybridized carbons (Fsp3) is 0.545. The predicted molar refractivity (Wildman–Crippen MR) is 66.2 cm³/mol. The van der Waals surface area contributed by atoms with E-state index in [2.05, 4.69) is 34.3 Å². The number of aromatic nitrogens is 4. The van der Waals surface area contributed by atoms with Gasteiger partial charge < -0.3 is 5.32 Å². The molecule has 2 N–H and O–H groups in total. The first-order valence-electron chi connectivity index (χ1n) is 5.91. The predicted octanol–water partition coefficient (Wildman–Crippen LogP) is 1.27. The first kappa shape index (κ1) is 11.6. The zero-order valence-corrected chi connectivity index (χ0v) is 10.1. The highest BCUT2D eigenvalue weighted by Gasteiger charge is 2.05. The Balaban J connectivity index is 2.11. The van der Waals surface area contributed by atoms with Gasteiger partial charge in [0.2, 0.25) is 0 Å². The summed E-state index contributed by atoms with van der Waals surface area (Å²) in [7, 11) is 0. The number of fused-ring (bicyclic) bond motifs is 1. The first-order valence-corrected chi connectivity index (χ1v) is 5.91. The Morgan fingerprint density at radius 1 is 1.47 bits per heavy atom. The molecular formula is C11H17N5O. The van der Waals surface area contributed by atoms with Crippen molar-refractivity contribution in [3.05, 3.63) is 22.9 Å². The second-order valence-electron chi connectivity index (χ2n) is 4.09. The third-order valence-electron chi connectivity index (χ3n) is 3.04. The van der Waals surface area contributed by atoms with Gasteiger partial charge in [0.25, 0.3) is 0 Å². The minimum Gasteiger partial charge on any atom is -0.370 e. The minimum atomic E-state index is -0.265. The Morgan fingerprint density at radius 2 is 2.24 bits per heavy atom. The number of rotatable bonds is 5. The fourth-order valence-corrected chi connectivity index (χ4v) is 1.73. The van der Waals surface area contributed by atoms with Crippen LogP contribution in [-0.2, 0) is 0 Å². The molecule has 2 heterocycles. The van der Waals surface area contributed by atoms with Gasteiger partial charge in [0.05, 0.1) is 0 Å². The maximum atomic E-state index is 11.2. The van der Waals surface area contributed by atoms with Crippen LogP contribution in [-0.4, -0.2) is 26.1 Å². The molecule has 0 atom stereocenters. The maximum absolute atomic E-state index is 11.2. The van der Waals surface area contributed by atoms with Gasteiger partial charge in [-0.15, -0.1) is 0 Å². The van der Waals surface area contributed by atoms with Gasteiger partial charge in [0, 0.05) is 12.6 Å². The molecule has 2 aromatic rings. The molecule has 0 amide bonds. The van der Waals surface area contributed by atoms with E-state index >= 15 is 0 Å². The number of aromatic amines is 1. The molecule has 2 aromatic heterocycles. The van der Waals surface area contributed by atoms with Crippen LogP contribution in [0, 0.1) is 5.92 Å². The lowest BCUT2D eigenvalue weighted by Gasteiger charge is -2.13. The van der Waals surface area contributed by atoms with Crippen LogP contribution in [0.5, 0.6) is 0 Å². The molecule has 92 valence electrons. The van der Waals surface area contributed by atoms with Crippen molar-refractivity contribution in [3.63, 3.8) is 0 Å². The van der Waals surface area contributed by atoms with Crippen molar-refractivity contribution < 1.29 is 0 Å². The number of nitrogens with one attached hydrogen (secondary N) is 2. The van der Waals surface area contributed by atoms with Gasteiger partial charge in [-0.25, -0.2) is 19.3 Å². The van der Waals surface area contributed by atoms with Crippen LogP contribution < -0.4 is 11.0 Å². The average Bonchev–Trinajstić information content (AvgIpc) is 2.72. The van der Waals surface area contributed by atoms with E-state index in [4.69, 9.17) is 0 Å². The Hall–Kier alpha value is -1.85. The lowest BCUT2D eigenvalue weighted by atomic mass is 10.0. The third-order valence-corrected chi connectivity index (χ3v) is 3.04. The van der Waals surface area contributed by atoms with E-state index in [0.29, 0.717) is 11.6 Å². The van der Waals surface area contributed by atoms with Crippen LogP contribution >= 0.6 is 0 Å². The molecule has 0 unspecified atom stereocenters. The highest BCUT2D eigenvalue weighted by atomic mass is 16.1. The van der Waals surface area contributed by atoms with E-state index in [0.717, 1.165) is 25.2 Å². The van der Waals surface area contributed by atoms with E-state index in [9.17, 15) is 4.79 Å². The van der Waals surface area contributed by atoms with Crippen molar-refractivity contribution in [3.8, 4) is 0 Å².